The monoisotopic (exact) mass is 291 g/mol. The van der Waals surface area contributed by atoms with E-state index in [9.17, 15) is 0 Å². The molecule has 2 rings (SSSR count). The van der Waals surface area contributed by atoms with E-state index in [0.29, 0.717) is 6.10 Å². The smallest absolute Gasteiger partial charge is 0.161 e. The summed E-state index contributed by atoms with van der Waals surface area (Å²) in [6.45, 7) is 6.41. The molecular weight excluding hydrogens is 262 g/mol. The summed E-state index contributed by atoms with van der Waals surface area (Å²) < 4.78 is 11.7. The molecule has 0 aromatic heterocycles. The second-order valence-corrected chi connectivity index (χ2v) is 6.17. The van der Waals surface area contributed by atoms with Gasteiger partial charge < -0.3 is 14.8 Å². The molecule has 3 nitrogen and oxygen atoms in total. The highest BCUT2D eigenvalue weighted by Gasteiger charge is 2.21. The van der Waals surface area contributed by atoms with Gasteiger partial charge in [-0.25, -0.2) is 0 Å². The van der Waals surface area contributed by atoms with Gasteiger partial charge in [-0.1, -0.05) is 26.3 Å². The molecule has 0 heterocycles. The Morgan fingerprint density at radius 1 is 1.24 bits per heavy atom. The lowest BCUT2D eigenvalue weighted by atomic mass is 9.89. The van der Waals surface area contributed by atoms with Crippen LogP contribution in [0.5, 0.6) is 11.5 Å². The average Bonchev–Trinajstić information content (AvgIpc) is 2.49. The Kier molecular flexibility index (Phi) is 6.37. The van der Waals surface area contributed by atoms with Gasteiger partial charge in [0, 0.05) is 6.54 Å². The summed E-state index contributed by atoms with van der Waals surface area (Å²) in [4.78, 5) is 0. The summed E-state index contributed by atoms with van der Waals surface area (Å²) in [5, 5.41) is 3.41. The number of benzene rings is 1. The predicted octanol–water partition coefficient (Wildman–Crippen LogP) is 4.15. The Morgan fingerprint density at radius 3 is 2.81 bits per heavy atom. The molecule has 3 heteroatoms. The number of nitrogens with one attached hydrogen (secondary N) is 1. The molecule has 1 aliphatic rings. The minimum absolute atomic E-state index is 0.340. The lowest BCUT2D eigenvalue weighted by molar-refractivity contribution is 0.125. The van der Waals surface area contributed by atoms with Gasteiger partial charge in [-0.3, -0.25) is 0 Å². The van der Waals surface area contributed by atoms with Crippen LogP contribution in [-0.4, -0.2) is 19.8 Å². The molecule has 1 N–H and O–H groups in total. The van der Waals surface area contributed by atoms with Crippen LogP contribution in [0.1, 0.15) is 51.5 Å². The van der Waals surface area contributed by atoms with Crippen LogP contribution in [0.25, 0.3) is 0 Å². The largest absolute Gasteiger partial charge is 0.493 e. The molecule has 1 aliphatic carbocycles. The zero-order valence-corrected chi connectivity index (χ0v) is 13.7. The molecule has 118 valence electrons. The molecule has 2 unspecified atom stereocenters. The van der Waals surface area contributed by atoms with Crippen molar-refractivity contribution < 1.29 is 9.47 Å². The summed E-state index contributed by atoms with van der Waals surface area (Å²) in [7, 11) is 1.72. The molecule has 2 atom stereocenters. The first-order chi connectivity index (χ1) is 10.2. The zero-order chi connectivity index (χ0) is 15.1. The number of hydrogen-bond acceptors (Lipinski definition) is 3. The van der Waals surface area contributed by atoms with E-state index >= 15 is 0 Å². The molecule has 1 aromatic carbocycles. The maximum Gasteiger partial charge on any atom is 0.161 e. The number of ether oxygens (including phenoxy) is 2. The Hall–Kier alpha value is -1.22. The fourth-order valence-corrected chi connectivity index (χ4v) is 2.99. The summed E-state index contributed by atoms with van der Waals surface area (Å²) in [6, 6.07) is 6.28. The van der Waals surface area contributed by atoms with E-state index in [4.69, 9.17) is 9.47 Å². The van der Waals surface area contributed by atoms with Crippen LogP contribution in [0.2, 0.25) is 0 Å². The normalized spacial score (nSPS) is 22.0. The molecule has 1 saturated carbocycles. The molecule has 21 heavy (non-hydrogen) atoms. The first-order valence-corrected chi connectivity index (χ1v) is 8.27. The van der Waals surface area contributed by atoms with Crippen LogP contribution in [0, 0.1) is 5.92 Å². The van der Waals surface area contributed by atoms with Gasteiger partial charge in [0.15, 0.2) is 11.5 Å². The van der Waals surface area contributed by atoms with Crippen molar-refractivity contribution >= 4 is 0 Å². The SMILES string of the molecule is CCCNCc1ccc(OC2CCCC(C)C2)c(OC)c1. The molecule has 1 fully saturated rings. The van der Waals surface area contributed by atoms with E-state index in [-0.39, 0.29) is 0 Å². The fraction of sp³-hybridized carbons (Fsp3) is 0.667. The van der Waals surface area contributed by atoms with Crippen molar-refractivity contribution in [3.05, 3.63) is 23.8 Å². The summed E-state index contributed by atoms with van der Waals surface area (Å²) in [6.07, 6.45) is 6.41. The van der Waals surface area contributed by atoms with E-state index in [1.54, 1.807) is 7.11 Å². The molecule has 1 aromatic rings. The van der Waals surface area contributed by atoms with Crippen molar-refractivity contribution in [3.8, 4) is 11.5 Å². The standard InChI is InChI=1S/C18H29NO2/c1-4-10-19-13-15-8-9-17(18(12-15)20-3)21-16-7-5-6-14(2)11-16/h8-9,12,14,16,19H,4-7,10-11,13H2,1-3H3. The summed E-state index contributed by atoms with van der Waals surface area (Å²) >= 11 is 0. The highest BCUT2D eigenvalue weighted by molar-refractivity contribution is 5.43. The Bertz CT molecular complexity index is 433. The van der Waals surface area contributed by atoms with Crippen LogP contribution in [0.3, 0.4) is 0 Å². The third-order valence-corrected chi connectivity index (χ3v) is 4.17. The number of methoxy groups -OCH3 is 1. The third kappa shape index (κ3) is 4.92. The Morgan fingerprint density at radius 2 is 2.10 bits per heavy atom. The molecule has 0 amide bonds. The van der Waals surface area contributed by atoms with Gasteiger partial charge >= 0.3 is 0 Å². The van der Waals surface area contributed by atoms with Crippen molar-refractivity contribution in [3.63, 3.8) is 0 Å². The molecule has 0 radical (unpaired) electrons. The van der Waals surface area contributed by atoms with Gasteiger partial charge in [-0.15, -0.1) is 0 Å². The van der Waals surface area contributed by atoms with Gasteiger partial charge in [-0.2, -0.15) is 0 Å². The Labute approximate surface area is 129 Å². The highest BCUT2D eigenvalue weighted by atomic mass is 16.5. The summed E-state index contributed by atoms with van der Waals surface area (Å²) in [5.74, 6) is 2.51. The average molecular weight is 291 g/mol. The maximum absolute atomic E-state index is 6.18. The van der Waals surface area contributed by atoms with Crippen LogP contribution in [0.15, 0.2) is 18.2 Å². The lowest BCUT2D eigenvalue weighted by Gasteiger charge is -2.28. The summed E-state index contributed by atoms with van der Waals surface area (Å²) in [5.41, 5.74) is 1.24. The van der Waals surface area contributed by atoms with E-state index in [1.165, 1.54) is 18.4 Å². The quantitative estimate of drug-likeness (QED) is 0.765. The second-order valence-electron chi connectivity index (χ2n) is 6.17. The van der Waals surface area contributed by atoms with Crippen molar-refractivity contribution in [1.82, 2.24) is 5.32 Å². The fourth-order valence-electron chi connectivity index (χ4n) is 2.99. The van der Waals surface area contributed by atoms with Crippen molar-refractivity contribution in [1.29, 1.82) is 0 Å². The predicted molar refractivity (Wildman–Crippen MR) is 87.0 cm³/mol. The van der Waals surface area contributed by atoms with Gasteiger partial charge in [0.2, 0.25) is 0 Å². The molecule has 0 bridgehead atoms. The number of hydrogen-bond donors (Lipinski definition) is 1. The molecule has 0 spiro atoms. The lowest BCUT2D eigenvalue weighted by Crippen LogP contribution is -2.24. The van der Waals surface area contributed by atoms with Gasteiger partial charge in [0.05, 0.1) is 13.2 Å². The Balaban J connectivity index is 1.98. The molecule has 0 saturated heterocycles. The zero-order valence-electron chi connectivity index (χ0n) is 13.7. The van der Waals surface area contributed by atoms with Crippen LogP contribution < -0.4 is 14.8 Å². The third-order valence-electron chi connectivity index (χ3n) is 4.17. The number of rotatable bonds is 7. The highest BCUT2D eigenvalue weighted by Crippen LogP contribution is 2.33. The van der Waals surface area contributed by atoms with Gasteiger partial charge in [-0.05, 0) is 55.8 Å². The second kappa shape index (κ2) is 8.28. The van der Waals surface area contributed by atoms with Gasteiger partial charge in [0.25, 0.3) is 0 Å². The van der Waals surface area contributed by atoms with Crippen molar-refractivity contribution in [2.45, 2.75) is 58.6 Å². The first kappa shape index (κ1) is 16.2. The first-order valence-electron chi connectivity index (χ1n) is 8.27. The van der Waals surface area contributed by atoms with Crippen molar-refractivity contribution in [2.75, 3.05) is 13.7 Å². The topological polar surface area (TPSA) is 30.5 Å². The van der Waals surface area contributed by atoms with Crippen LogP contribution in [-0.2, 0) is 6.54 Å². The van der Waals surface area contributed by atoms with Crippen LogP contribution >= 0.6 is 0 Å². The van der Waals surface area contributed by atoms with E-state index in [2.05, 4.69) is 37.4 Å². The molecule has 0 aliphatic heterocycles. The molecular formula is C18H29NO2. The van der Waals surface area contributed by atoms with Gasteiger partial charge in [0.1, 0.15) is 0 Å². The van der Waals surface area contributed by atoms with Crippen LogP contribution in [0.4, 0.5) is 0 Å². The minimum Gasteiger partial charge on any atom is -0.493 e. The van der Waals surface area contributed by atoms with E-state index in [1.807, 2.05) is 0 Å². The minimum atomic E-state index is 0.340. The van der Waals surface area contributed by atoms with E-state index in [0.717, 1.165) is 49.8 Å². The van der Waals surface area contributed by atoms with Crippen molar-refractivity contribution in [2.24, 2.45) is 5.92 Å². The van der Waals surface area contributed by atoms with E-state index < -0.39 is 0 Å². The maximum atomic E-state index is 6.18.